The molecule has 1 heterocycles. The van der Waals surface area contributed by atoms with Crippen LogP contribution in [0.2, 0.25) is 0 Å². The van der Waals surface area contributed by atoms with Crippen LogP contribution in [-0.4, -0.2) is 49.3 Å². The molecule has 20 heavy (non-hydrogen) atoms. The normalized spacial score (nSPS) is 41.0. The van der Waals surface area contributed by atoms with E-state index in [1.807, 2.05) is 0 Å². The van der Waals surface area contributed by atoms with E-state index in [-0.39, 0.29) is 0 Å². The number of likely N-dealkylation sites (tertiary alicyclic amines) is 1. The molecule has 2 aliphatic carbocycles. The van der Waals surface area contributed by atoms with Crippen molar-refractivity contribution >= 4 is 0 Å². The van der Waals surface area contributed by atoms with Gasteiger partial charge in [0.2, 0.25) is 0 Å². The van der Waals surface area contributed by atoms with Crippen LogP contribution in [0.15, 0.2) is 0 Å². The molecule has 0 aromatic carbocycles. The number of hydrogen-bond donors (Lipinski definition) is 1. The summed E-state index contributed by atoms with van der Waals surface area (Å²) >= 11 is 0. The predicted octanol–water partition coefficient (Wildman–Crippen LogP) is 2.80. The second-order valence-corrected chi connectivity index (χ2v) is 7.39. The summed E-state index contributed by atoms with van der Waals surface area (Å²) in [5, 5.41) is 4.02. The second-order valence-electron chi connectivity index (χ2n) is 7.39. The molecule has 0 aromatic heterocycles. The number of rotatable bonds is 4. The molecule has 0 unspecified atom stereocenters. The van der Waals surface area contributed by atoms with Crippen LogP contribution >= 0.6 is 0 Å². The van der Waals surface area contributed by atoms with Gasteiger partial charge in [0.05, 0.1) is 6.10 Å². The van der Waals surface area contributed by atoms with Crippen molar-refractivity contribution in [1.29, 1.82) is 0 Å². The van der Waals surface area contributed by atoms with E-state index in [2.05, 4.69) is 31.1 Å². The maximum Gasteiger partial charge on any atom is 0.0661 e. The highest BCUT2D eigenvalue weighted by Gasteiger charge is 2.56. The van der Waals surface area contributed by atoms with E-state index in [1.165, 1.54) is 51.5 Å². The number of piperidine rings is 1. The van der Waals surface area contributed by atoms with Gasteiger partial charge in [0.15, 0.2) is 0 Å². The van der Waals surface area contributed by atoms with Crippen LogP contribution in [0.4, 0.5) is 0 Å². The van der Waals surface area contributed by atoms with Crippen LogP contribution in [0.25, 0.3) is 0 Å². The van der Waals surface area contributed by atoms with Gasteiger partial charge in [-0.1, -0.05) is 12.8 Å². The van der Waals surface area contributed by atoms with Gasteiger partial charge in [0.25, 0.3) is 0 Å². The second kappa shape index (κ2) is 5.94. The van der Waals surface area contributed by atoms with Crippen LogP contribution in [0.3, 0.4) is 0 Å². The minimum Gasteiger partial charge on any atom is -0.378 e. The van der Waals surface area contributed by atoms with Crippen molar-refractivity contribution in [2.45, 2.75) is 83.0 Å². The summed E-state index contributed by atoms with van der Waals surface area (Å²) in [6, 6.07) is 2.18. The zero-order valence-corrected chi connectivity index (χ0v) is 13.5. The Kier molecular flexibility index (Phi) is 4.40. The van der Waals surface area contributed by atoms with Gasteiger partial charge in [0.1, 0.15) is 0 Å². The lowest BCUT2D eigenvalue weighted by Gasteiger charge is -2.56. The van der Waals surface area contributed by atoms with Gasteiger partial charge in [-0.15, -0.1) is 0 Å². The lowest BCUT2D eigenvalue weighted by Crippen LogP contribution is -2.65. The SMILES string of the molecule is CCO[C@@H]1C[C@H](N[C@H]2CCN(C)[C@H](C)C2)C12CCCC2. The van der Waals surface area contributed by atoms with Crippen molar-refractivity contribution < 1.29 is 4.74 Å². The summed E-state index contributed by atoms with van der Waals surface area (Å²) in [7, 11) is 2.26. The summed E-state index contributed by atoms with van der Waals surface area (Å²) in [5.74, 6) is 0. The molecule has 116 valence electrons. The van der Waals surface area contributed by atoms with Crippen LogP contribution < -0.4 is 5.32 Å². The first-order valence-corrected chi connectivity index (χ1v) is 8.73. The largest absolute Gasteiger partial charge is 0.378 e. The highest BCUT2D eigenvalue weighted by molar-refractivity contribution is 5.10. The van der Waals surface area contributed by atoms with Crippen molar-refractivity contribution in [2.75, 3.05) is 20.2 Å². The summed E-state index contributed by atoms with van der Waals surface area (Å²) < 4.78 is 6.02. The molecule has 2 saturated carbocycles. The Morgan fingerprint density at radius 3 is 2.65 bits per heavy atom. The lowest BCUT2D eigenvalue weighted by atomic mass is 9.60. The van der Waals surface area contributed by atoms with Crippen LogP contribution in [0, 0.1) is 5.41 Å². The third kappa shape index (κ3) is 2.53. The van der Waals surface area contributed by atoms with Gasteiger partial charge in [-0.05, 0) is 59.5 Å². The van der Waals surface area contributed by atoms with Crippen LogP contribution in [0.1, 0.15) is 58.8 Å². The molecule has 0 amide bonds. The smallest absolute Gasteiger partial charge is 0.0661 e. The molecule has 0 aromatic rings. The van der Waals surface area contributed by atoms with E-state index in [0.717, 1.165) is 24.7 Å². The zero-order valence-electron chi connectivity index (χ0n) is 13.5. The van der Waals surface area contributed by atoms with E-state index in [0.29, 0.717) is 11.5 Å². The molecule has 3 fully saturated rings. The fourth-order valence-corrected chi connectivity index (χ4v) is 4.85. The number of nitrogens with zero attached hydrogens (tertiary/aromatic N) is 1. The Balaban J connectivity index is 1.58. The minimum absolute atomic E-state index is 0.489. The molecular formula is C17H32N2O. The minimum atomic E-state index is 0.489. The van der Waals surface area contributed by atoms with Crippen molar-refractivity contribution in [1.82, 2.24) is 10.2 Å². The molecule has 1 spiro atoms. The first-order valence-electron chi connectivity index (χ1n) is 8.73. The van der Waals surface area contributed by atoms with Crippen molar-refractivity contribution in [3.8, 4) is 0 Å². The highest BCUT2D eigenvalue weighted by Crippen LogP contribution is 2.55. The average molecular weight is 280 g/mol. The highest BCUT2D eigenvalue weighted by atomic mass is 16.5. The Bertz CT molecular complexity index is 327. The molecule has 1 N–H and O–H groups in total. The number of hydrogen-bond acceptors (Lipinski definition) is 3. The molecule has 1 saturated heterocycles. The summed E-state index contributed by atoms with van der Waals surface area (Å²) in [6.07, 6.45) is 9.99. The molecule has 3 aliphatic rings. The maximum atomic E-state index is 6.02. The van der Waals surface area contributed by atoms with Crippen molar-refractivity contribution in [2.24, 2.45) is 5.41 Å². The van der Waals surface area contributed by atoms with E-state index >= 15 is 0 Å². The van der Waals surface area contributed by atoms with E-state index in [1.54, 1.807) is 0 Å². The monoisotopic (exact) mass is 280 g/mol. The number of ether oxygens (including phenoxy) is 1. The van der Waals surface area contributed by atoms with Gasteiger partial charge in [-0.25, -0.2) is 0 Å². The van der Waals surface area contributed by atoms with Crippen molar-refractivity contribution in [3.05, 3.63) is 0 Å². The first-order chi connectivity index (χ1) is 9.65. The molecule has 3 nitrogen and oxygen atoms in total. The summed E-state index contributed by atoms with van der Waals surface area (Å²) in [4.78, 5) is 2.49. The van der Waals surface area contributed by atoms with Crippen LogP contribution in [0.5, 0.6) is 0 Å². The molecule has 3 rings (SSSR count). The molecule has 4 atom stereocenters. The van der Waals surface area contributed by atoms with E-state index in [4.69, 9.17) is 4.74 Å². The quantitative estimate of drug-likeness (QED) is 0.857. The lowest BCUT2D eigenvalue weighted by molar-refractivity contribution is -0.134. The van der Waals surface area contributed by atoms with Gasteiger partial charge in [-0.2, -0.15) is 0 Å². The summed E-state index contributed by atoms with van der Waals surface area (Å²) in [5.41, 5.74) is 0.489. The fourth-order valence-electron chi connectivity index (χ4n) is 4.85. The first kappa shape index (κ1) is 14.8. The molecule has 0 bridgehead atoms. The predicted molar refractivity (Wildman–Crippen MR) is 83.0 cm³/mol. The third-order valence-electron chi connectivity index (χ3n) is 6.33. The number of nitrogens with one attached hydrogen (secondary N) is 1. The van der Waals surface area contributed by atoms with Crippen molar-refractivity contribution in [3.63, 3.8) is 0 Å². The van der Waals surface area contributed by atoms with Crippen LogP contribution in [-0.2, 0) is 4.74 Å². The fraction of sp³-hybridized carbons (Fsp3) is 1.00. The molecule has 0 radical (unpaired) electrons. The Morgan fingerprint density at radius 1 is 1.25 bits per heavy atom. The van der Waals surface area contributed by atoms with Gasteiger partial charge in [-0.3, -0.25) is 0 Å². The maximum absolute atomic E-state index is 6.02. The average Bonchev–Trinajstić information content (AvgIpc) is 2.94. The Hall–Kier alpha value is -0.120. The zero-order chi connectivity index (χ0) is 14.2. The standard InChI is InChI=1S/C17H32N2O/c1-4-20-16-12-15(17(16)8-5-6-9-17)18-14-7-10-19(3)13(2)11-14/h13-16,18H,4-12H2,1-3H3/t13-,14+,15+,16-/m1/s1. The van der Waals surface area contributed by atoms with Gasteiger partial charge < -0.3 is 15.0 Å². The molecular weight excluding hydrogens is 248 g/mol. The third-order valence-corrected chi connectivity index (χ3v) is 6.33. The molecule has 1 aliphatic heterocycles. The topological polar surface area (TPSA) is 24.5 Å². The van der Waals surface area contributed by atoms with E-state index in [9.17, 15) is 0 Å². The Morgan fingerprint density at radius 2 is 2.00 bits per heavy atom. The summed E-state index contributed by atoms with van der Waals surface area (Å²) in [6.45, 7) is 6.63. The Labute approximate surface area is 124 Å². The van der Waals surface area contributed by atoms with Gasteiger partial charge in [0, 0.05) is 30.1 Å². The molecule has 3 heteroatoms. The van der Waals surface area contributed by atoms with E-state index < -0.39 is 0 Å². The van der Waals surface area contributed by atoms with Gasteiger partial charge >= 0.3 is 0 Å².